The first kappa shape index (κ1) is 14.2. The molecule has 4 heteroatoms. The molecule has 0 bridgehead atoms. The lowest BCUT2D eigenvalue weighted by Crippen LogP contribution is -2.35. The normalized spacial score (nSPS) is 10.9. The number of amides is 2. The fourth-order valence-corrected chi connectivity index (χ4v) is 1.66. The van der Waals surface area contributed by atoms with Gasteiger partial charge in [0.2, 0.25) is 11.8 Å². The summed E-state index contributed by atoms with van der Waals surface area (Å²) in [6, 6.07) is 7.67. The maximum Gasteiger partial charge on any atom is 0.221 e. The Morgan fingerprint density at radius 3 is 2.06 bits per heavy atom. The summed E-state index contributed by atoms with van der Waals surface area (Å²) in [7, 11) is 0. The number of hydrogen-bond acceptors (Lipinski definition) is 2. The molecule has 0 fully saturated rings. The lowest BCUT2D eigenvalue weighted by molar-refractivity contribution is -0.119. The van der Waals surface area contributed by atoms with Gasteiger partial charge in [-0.15, -0.1) is 0 Å². The van der Waals surface area contributed by atoms with Crippen molar-refractivity contribution in [3.05, 3.63) is 29.8 Å². The fourth-order valence-electron chi connectivity index (χ4n) is 1.66. The third-order valence-electron chi connectivity index (χ3n) is 2.77. The Kier molecular flexibility index (Phi) is 4.48. The van der Waals surface area contributed by atoms with Gasteiger partial charge in [-0.25, -0.2) is 0 Å². The van der Waals surface area contributed by atoms with Gasteiger partial charge < -0.3 is 10.6 Å². The van der Waals surface area contributed by atoms with Crippen LogP contribution in [-0.4, -0.2) is 18.4 Å². The molecule has 0 spiro atoms. The van der Waals surface area contributed by atoms with Crippen molar-refractivity contribution in [2.24, 2.45) is 0 Å². The quantitative estimate of drug-likeness (QED) is 0.857. The van der Waals surface area contributed by atoms with Crippen molar-refractivity contribution in [2.75, 3.05) is 11.9 Å². The van der Waals surface area contributed by atoms with E-state index in [4.69, 9.17) is 0 Å². The number of anilines is 1. The van der Waals surface area contributed by atoms with Crippen LogP contribution >= 0.6 is 0 Å². The van der Waals surface area contributed by atoms with Crippen molar-refractivity contribution in [1.29, 1.82) is 0 Å². The molecule has 0 saturated heterocycles. The molecule has 4 nitrogen and oxygen atoms in total. The van der Waals surface area contributed by atoms with E-state index in [2.05, 4.69) is 24.5 Å². The van der Waals surface area contributed by atoms with Crippen molar-refractivity contribution in [1.82, 2.24) is 5.32 Å². The van der Waals surface area contributed by atoms with E-state index in [0.29, 0.717) is 6.54 Å². The van der Waals surface area contributed by atoms with Crippen molar-refractivity contribution < 1.29 is 9.59 Å². The zero-order valence-electron chi connectivity index (χ0n) is 11.3. The number of carbonyl (C=O) groups excluding carboxylic acids is 2. The van der Waals surface area contributed by atoms with Crippen LogP contribution < -0.4 is 10.6 Å². The Labute approximate surface area is 108 Å². The van der Waals surface area contributed by atoms with E-state index in [-0.39, 0.29) is 17.2 Å². The van der Waals surface area contributed by atoms with Crippen LogP contribution in [0.4, 0.5) is 5.69 Å². The van der Waals surface area contributed by atoms with Crippen LogP contribution in [0.1, 0.15) is 33.3 Å². The summed E-state index contributed by atoms with van der Waals surface area (Å²) >= 11 is 0. The summed E-state index contributed by atoms with van der Waals surface area (Å²) in [6.07, 6.45) is 0. The van der Waals surface area contributed by atoms with E-state index >= 15 is 0 Å². The summed E-state index contributed by atoms with van der Waals surface area (Å²) in [5, 5.41) is 5.55. The maximum absolute atomic E-state index is 10.9. The molecule has 2 amide bonds. The lowest BCUT2D eigenvalue weighted by atomic mass is 9.84. The Morgan fingerprint density at radius 2 is 1.61 bits per heavy atom. The second kappa shape index (κ2) is 5.67. The van der Waals surface area contributed by atoms with Gasteiger partial charge in [0.15, 0.2) is 0 Å². The molecular weight excluding hydrogens is 228 g/mol. The van der Waals surface area contributed by atoms with E-state index in [0.717, 1.165) is 11.3 Å². The van der Waals surface area contributed by atoms with E-state index in [1.807, 2.05) is 24.3 Å². The fraction of sp³-hybridized carbons (Fsp3) is 0.429. The molecule has 0 aliphatic carbocycles. The smallest absolute Gasteiger partial charge is 0.221 e. The van der Waals surface area contributed by atoms with Gasteiger partial charge in [-0.2, -0.15) is 0 Å². The molecule has 0 aliphatic rings. The zero-order chi connectivity index (χ0) is 13.8. The molecule has 0 heterocycles. The van der Waals surface area contributed by atoms with E-state index in [9.17, 15) is 9.59 Å². The highest BCUT2D eigenvalue weighted by molar-refractivity contribution is 5.88. The van der Waals surface area contributed by atoms with Crippen LogP contribution in [0.5, 0.6) is 0 Å². The molecule has 0 unspecified atom stereocenters. The molecule has 0 aromatic heterocycles. The van der Waals surface area contributed by atoms with Crippen molar-refractivity contribution in [2.45, 2.75) is 33.1 Å². The highest BCUT2D eigenvalue weighted by Crippen LogP contribution is 2.23. The Bertz CT molecular complexity index is 436. The number of benzene rings is 1. The molecule has 0 atom stereocenters. The van der Waals surface area contributed by atoms with Crippen LogP contribution in [-0.2, 0) is 15.0 Å². The van der Waals surface area contributed by atoms with Crippen LogP contribution in [0, 0.1) is 0 Å². The minimum absolute atomic E-state index is 0.0297. The summed E-state index contributed by atoms with van der Waals surface area (Å²) < 4.78 is 0. The Hall–Kier alpha value is -1.84. The zero-order valence-corrected chi connectivity index (χ0v) is 11.3. The van der Waals surface area contributed by atoms with E-state index in [1.54, 1.807) is 0 Å². The molecule has 2 N–H and O–H groups in total. The third-order valence-corrected chi connectivity index (χ3v) is 2.77. The van der Waals surface area contributed by atoms with Crippen LogP contribution in [0.2, 0.25) is 0 Å². The second-order valence-corrected chi connectivity index (χ2v) is 5.05. The lowest BCUT2D eigenvalue weighted by Gasteiger charge is -2.25. The number of hydrogen-bond donors (Lipinski definition) is 2. The van der Waals surface area contributed by atoms with Gasteiger partial charge in [0.1, 0.15) is 0 Å². The molecule has 0 saturated carbocycles. The SMILES string of the molecule is CC(=O)NCC(C)(C)c1ccc(NC(C)=O)cc1. The average Bonchev–Trinajstić information content (AvgIpc) is 2.26. The monoisotopic (exact) mass is 248 g/mol. The Balaban J connectivity index is 2.76. The van der Waals surface area contributed by atoms with Gasteiger partial charge in [0.25, 0.3) is 0 Å². The predicted octanol–water partition coefficient (Wildman–Crippen LogP) is 2.06. The second-order valence-electron chi connectivity index (χ2n) is 5.05. The largest absolute Gasteiger partial charge is 0.355 e. The molecule has 98 valence electrons. The van der Waals surface area contributed by atoms with E-state index in [1.165, 1.54) is 13.8 Å². The number of rotatable bonds is 4. The van der Waals surface area contributed by atoms with Crippen molar-refractivity contribution in [3.63, 3.8) is 0 Å². The average molecular weight is 248 g/mol. The summed E-state index contributed by atoms with van der Waals surface area (Å²) in [5.41, 5.74) is 1.76. The van der Waals surface area contributed by atoms with Gasteiger partial charge >= 0.3 is 0 Å². The molecule has 0 aliphatic heterocycles. The minimum Gasteiger partial charge on any atom is -0.355 e. The van der Waals surface area contributed by atoms with Gasteiger partial charge in [-0.1, -0.05) is 26.0 Å². The topological polar surface area (TPSA) is 58.2 Å². The van der Waals surface area contributed by atoms with Gasteiger partial charge in [0, 0.05) is 31.5 Å². The summed E-state index contributed by atoms with van der Waals surface area (Å²) in [4.78, 5) is 21.9. The molecular formula is C14H20N2O2. The summed E-state index contributed by atoms with van der Waals surface area (Å²) in [6.45, 7) is 7.71. The minimum atomic E-state index is -0.138. The molecule has 18 heavy (non-hydrogen) atoms. The van der Waals surface area contributed by atoms with Gasteiger partial charge in [-0.05, 0) is 17.7 Å². The Morgan fingerprint density at radius 1 is 1.06 bits per heavy atom. The van der Waals surface area contributed by atoms with Crippen molar-refractivity contribution >= 4 is 17.5 Å². The molecule has 0 radical (unpaired) electrons. The summed E-state index contributed by atoms with van der Waals surface area (Å²) in [5.74, 6) is -0.113. The molecule has 1 aromatic rings. The van der Waals surface area contributed by atoms with Crippen LogP contribution in [0.15, 0.2) is 24.3 Å². The highest BCUT2D eigenvalue weighted by atomic mass is 16.2. The predicted molar refractivity (Wildman–Crippen MR) is 72.5 cm³/mol. The third kappa shape index (κ3) is 4.20. The first-order valence-corrected chi connectivity index (χ1v) is 5.94. The standard InChI is InChI=1S/C14H20N2O2/c1-10(17)15-9-14(3,4)12-5-7-13(8-6-12)16-11(2)18/h5-8H,9H2,1-4H3,(H,15,17)(H,16,18). The number of carbonyl (C=O) groups is 2. The first-order valence-electron chi connectivity index (χ1n) is 5.94. The highest BCUT2D eigenvalue weighted by Gasteiger charge is 2.20. The number of nitrogens with one attached hydrogen (secondary N) is 2. The van der Waals surface area contributed by atoms with E-state index < -0.39 is 0 Å². The van der Waals surface area contributed by atoms with Gasteiger partial charge in [0.05, 0.1) is 0 Å². The van der Waals surface area contributed by atoms with Gasteiger partial charge in [-0.3, -0.25) is 9.59 Å². The van der Waals surface area contributed by atoms with Crippen LogP contribution in [0.25, 0.3) is 0 Å². The molecule has 1 rings (SSSR count). The molecule has 1 aromatic carbocycles. The first-order chi connectivity index (χ1) is 8.31. The van der Waals surface area contributed by atoms with Crippen molar-refractivity contribution in [3.8, 4) is 0 Å². The maximum atomic E-state index is 10.9. The van der Waals surface area contributed by atoms with Crippen LogP contribution in [0.3, 0.4) is 0 Å².